The van der Waals surface area contributed by atoms with Crippen molar-refractivity contribution >= 4 is 23.2 Å². The minimum absolute atomic E-state index is 0.00139. The van der Waals surface area contributed by atoms with Crippen LogP contribution in [0.5, 0.6) is 6.01 Å². The monoisotopic (exact) mass is 252 g/mol. The van der Waals surface area contributed by atoms with E-state index in [-0.39, 0.29) is 18.0 Å². The molecule has 2 aromatic rings. The fraction of sp³-hybridized carbons (Fsp3) is 0.333. The van der Waals surface area contributed by atoms with Crippen molar-refractivity contribution in [2.24, 2.45) is 0 Å². The first-order valence-corrected chi connectivity index (χ1v) is 5.78. The number of aromatic nitrogens is 4. The summed E-state index contributed by atoms with van der Waals surface area (Å²) in [6.07, 6.45) is 1.75. The van der Waals surface area contributed by atoms with Gasteiger partial charge in [0.05, 0.1) is 13.2 Å². The molecule has 8 heteroatoms. The zero-order valence-electron chi connectivity index (χ0n) is 9.41. The number of nitrogen functional groups attached to an aromatic ring is 1. The highest BCUT2D eigenvalue weighted by molar-refractivity contribution is 7.09. The van der Waals surface area contributed by atoms with Gasteiger partial charge in [-0.05, 0) is 6.92 Å². The lowest BCUT2D eigenvalue weighted by Crippen LogP contribution is -2.11. The van der Waals surface area contributed by atoms with Gasteiger partial charge in [-0.3, -0.25) is 0 Å². The van der Waals surface area contributed by atoms with Crippen LogP contribution in [0, 0.1) is 0 Å². The number of hydrogen-bond acceptors (Lipinski definition) is 8. The van der Waals surface area contributed by atoms with Gasteiger partial charge in [-0.15, -0.1) is 11.3 Å². The lowest BCUT2D eigenvalue weighted by atomic mass is 10.4. The molecule has 0 aromatic carbocycles. The van der Waals surface area contributed by atoms with Crippen molar-refractivity contribution in [1.82, 2.24) is 19.9 Å². The van der Waals surface area contributed by atoms with Gasteiger partial charge in [0, 0.05) is 11.6 Å². The number of nitrogens with two attached hydrogens (primary N) is 1. The Kier molecular flexibility index (Phi) is 3.33. The highest BCUT2D eigenvalue weighted by atomic mass is 32.1. The van der Waals surface area contributed by atoms with E-state index in [4.69, 9.17) is 10.5 Å². The van der Waals surface area contributed by atoms with Gasteiger partial charge in [-0.1, -0.05) is 0 Å². The van der Waals surface area contributed by atoms with Crippen molar-refractivity contribution in [2.45, 2.75) is 13.0 Å². The summed E-state index contributed by atoms with van der Waals surface area (Å²) in [6, 6.07) is 0.188. The van der Waals surface area contributed by atoms with E-state index in [1.165, 1.54) is 7.11 Å². The van der Waals surface area contributed by atoms with Crippen LogP contribution < -0.4 is 15.8 Å². The van der Waals surface area contributed by atoms with Crippen molar-refractivity contribution in [3.8, 4) is 6.01 Å². The summed E-state index contributed by atoms with van der Waals surface area (Å²) in [4.78, 5) is 16.0. The molecule has 3 N–H and O–H groups in total. The number of hydrogen-bond donors (Lipinski definition) is 2. The normalized spacial score (nSPS) is 12.1. The largest absolute Gasteiger partial charge is 0.467 e. The molecule has 0 bridgehead atoms. The van der Waals surface area contributed by atoms with E-state index < -0.39 is 0 Å². The van der Waals surface area contributed by atoms with Crippen LogP contribution in [0.1, 0.15) is 18.0 Å². The summed E-state index contributed by atoms with van der Waals surface area (Å²) >= 11 is 1.56. The number of methoxy groups -OCH3 is 1. The Hall–Kier alpha value is -1.96. The molecule has 0 saturated heterocycles. The maximum atomic E-state index is 5.53. The molecule has 0 amide bonds. The van der Waals surface area contributed by atoms with E-state index in [0.29, 0.717) is 5.95 Å². The quantitative estimate of drug-likeness (QED) is 0.840. The highest BCUT2D eigenvalue weighted by Gasteiger charge is 2.11. The zero-order chi connectivity index (χ0) is 12.3. The molecule has 2 rings (SSSR count). The number of nitrogens with zero attached hydrogens (tertiary/aromatic N) is 4. The topological polar surface area (TPSA) is 98.8 Å². The summed E-state index contributed by atoms with van der Waals surface area (Å²) in [5, 5.41) is 5.95. The van der Waals surface area contributed by atoms with Crippen LogP contribution in [0.4, 0.5) is 11.9 Å². The van der Waals surface area contributed by atoms with Crippen LogP contribution >= 0.6 is 11.3 Å². The van der Waals surface area contributed by atoms with Gasteiger partial charge in [0.2, 0.25) is 11.9 Å². The van der Waals surface area contributed by atoms with E-state index in [1.807, 2.05) is 12.3 Å². The Bertz CT molecular complexity index is 488. The minimum atomic E-state index is 0.00139. The second kappa shape index (κ2) is 4.91. The van der Waals surface area contributed by atoms with Crippen molar-refractivity contribution < 1.29 is 4.74 Å². The van der Waals surface area contributed by atoms with E-state index in [1.54, 1.807) is 17.5 Å². The van der Waals surface area contributed by atoms with Gasteiger partial charge in [0.15, 0.2) is 0 Å². The molecule has 17 heavy (non-hydrogen) atoms. The van der Waals surface area contributed by atoms with E-state index in [2.05, 4.69) is 25.3 Å². The molecule has 0 radical (unpaired) electrons. The van der Waals surface area contributed by atoms with Crippen LogP contribution in [0.25, 0.3) is 0 Å². The van der Waals surface area contributed by atoms with Crippen molar-refractivity contribution in [3.63, 3.8) is 0 Å². The van der Waals surface area contributed by atoms with Crippen molar-refractivity contribution in [3.05, 3.63) is 16.6 Å². The van der Waals surface area contributed by atoms with Crippen LogP contribution in [0.3, 0.4) is 0 Å². The number of anilines is 2. The molecule has 90 valence electrons. The molecule has 0 spiro atoms. The van der Waals surface area contributed by atoms with E-state index >= 15 is 0 Å². The van der Waals surface area contributed by atoms with Gasteiger partial charge in [-0.25, -0.2) is 4.98 Å². The first-order valence-electron chi connectivity index (χ1n) is 4.90. The molecule has 2 aromatic heterocycles. The summed E-state index contributed by atoms with van der Waals surface area (Å²) in [7, 11) is 1.48. The lowest BCUT2D eigenvalue weighted by Gasteiger charge is -2.11. The van der Waals surface area contributed by atoms with Crippen LogP contribution in [0.2, 0.25) is 0 Å². The van der Waals surface area contributed by atoms with Gasteiger partial charge in [-0.2, -0.15) is 15.0 Å². The fourth-order valence-electron chi connectivity index (χ4n) is 1.23. The van der Waals surface area contributed by atoms with Crippen molar-refractivity contribution in [2.75, 3.05) is 18.2 Å². The summed E-state index contributed by atoms with van der Waals surface area (Å²) in [5.41, 5.74) is 5.53. The molecule has 1 atom stereocenters. The SMILES string of the molecule is COc1nc(N)nc(NC(C)c2nccs2)n1. The minimum Gasteiger partial charge on any atom is -0.467 e. The number of thiazole rings is 1. The standard InChI is InChI=1S/C9H12N6OS/c1-5(6-11-3-4-17-6)12-8-13-7(10)14-9(15-8)16-2/h3-5H,1-2H3,(H3,10,12,13,14,15). The number of nitrogens with one attached hydrogen (secondary N) is 1. The second-order valence-electron chi connectivity index (χ2n) is 3.24. The predicted octanol–water partition coefficient (Wildman–Crippen LogP) is 1.09. The number of rotatable bonds is 4. The molecule has 2 heterocycles. The molecule has 0 saturated carbocycles. The van der Waals surface area contributed by atoms with Gasteiger partial charge in [0.1, 0.15) is 5.01 Å². The van der Waals surface area contributed by atoms with Crippen molar-refractivity contribution in [1.29, 1.82) is 0 Å². The third-order valence-corrected chi connectivity index (χ3v) is 2.94. The van der Waals surface area contributed by atoms with E-state index in [9.17, 15) is 0 Å². The first kappa shape index (κ1) is 11.5. The zero-order valence-corrected chi connectivity index (χ0v) is 10.2. The van der Waals surface area contributed by atoms with E-state index in [0.717, 1.165) is 5.01 Å². The third kappa shape index (κ3) is 2.78. The average Bonchev–Trinajstić information content (AvgIpc) is 2.81. The average molecular weight is 252 g/mol. The van der Waals surface area contributed by atoms with Crippen LogP contribution in [-0.4, -0.2) is 27.0 Å². The fourth-order valence-corrected chi connectivity index (χ4v) is 1.88. The second-order valence-corrected chi connectivity index (χ2v) is 4.17. The van der Waals surface area contributed by atoms with Gasteiger partial charge in [0.25, 0.3) is 0 Å². The Morgan fingerprint density at radius 3 is 2.88 bits per heavy atom. The molecule has 0 aliphatic rings. The summed E-state index contributed by atoms with van der Waals surface area (Å²) in [6.45, 7) is 1.96. The Labute approximate surface area is 102 Å². The third-order valence-electron chi connectivity index (χ3n) is 1.98. The summed E-state index contributed by atoms with van der Waals surface area (Å²) in [5.74, 6) is 0.489. The van der Waals surface area contributed by atoms with Crippen LogP contribution in [-0.2, 0) is 0 Å². The first-order chi connectivity index (χ1) is 8.19. The van der Waals surface area contributed by atoms with Gasteiger partial charge < -0.3 is 15.8 Å². The maximum Gasteiger partial charge on any atom is 0.322 e. The predicted molar refractivity (Wildman–Crippen MR) is 64.9 cm³/mol. The molecule has 7 nitrogen and oxygen atoms in total. The molecular weight excluding hydrogens is 240 g/mol. The molecule has 0 aliphatic carbocycles. The Balaban J connectivity index is 2.15. The molecule has 1 unspecified atom stereocenters. The smallest absolute Gasteiger partial charge is 0.322 e. The Morgan fingerprint density at radius 2 is 2.24 bits per heavy atom. The molecule has 0 fully saturated rings. The van der Waals surface area contributed by atoms with Gasteiger partial charge >= 0.3 is 6.01 Å². The highest BCUT2D eigenvalue weighted by Crippen LogP contribution is 2.19. The summed E-state index contributed by atoms with van der Waals surface area (Å²) < 4.78 is 4.91. The number of ether oxygens (including phenoxy) is 1. The maximum absolute atomic E-state index is 5.53. The molecule has 0 aliphatic heterocycles. The Morgan fingerprint density at radius 1 is 1.41 bits per heavy atom. The lowest BCUT2D eigenvalue weighted by molar-refractivity contribution is 0.379. The molecular formula is C9H12N6OS. The van der Waals surface area contributed by atoms with Crippen LogP contribution in [0.15, 0.2) is 11.6 Å².